The molecule has 6 heteroatoms. The third-order valence-corrected chi connectivity index (χ3v) is 4.76. The minimum absolute atomic E-state index is 0.0652. The summed E-state index contributed by atoms with van der Waals surface area (Å²) in [6.07, 6.45) is 2.07. The maximum absolute atomic E-state index is 12.1. The van der Waals surface area contributed by atoms with Crippen LogP contribution in [0.5, 0.6) is 0 Å². The van der Waals surface area contributed by atoms with Crippen molar-refractivity contribution in [2.45, 2.75) is 31.8 Å². The van der Waals surface area contributed by atoms with Crippen LogP contribution in [0.4, 0.5) is 0 Å². The van der Waals surface area contributed by atoms with E-state index in [0.717, 1.165) is 12.1 Å². The molecule has 1 amide bonds. The van der Waals surface area contributed by atoms with Crippen LogP contribution in [0.1, 0.15) is 23.6 Å². The van der Waals surface area contributed by atoms with Gasteiger partial charge in [-0.1, -0.05) is 42.5 Å². The summed E-state index contributed by atoms with van der Waals surface area (Å²) in [6.45, 7) is 6.11. The molecule has 0 atom stereocenters. The number of carbonyl (C=O) groups excluding carboxylic acids is 1. The quantitative estimate of drug-likeness (QED) is 0.372. The van der Waals surface area contributed by atoms with Gasteiger partial charge in [-0.25, -0.2) is 4.99 Å². The zero-order valence-corrected chi connectivity index (χ0v) is 17.0. The number of nitrogens with zero attached hydrogens (tertiary/aromatic N) is 1. The van der Waals surface area contributed by atoms with E-state index in [0.29, 0.717) is 19.0 Å². The zero-order valence-electron chi connectivity index (χ0n) is 16.2. The number of thioether (sulfide) groups is 1. The maximum atomic E-state index is 12.1. The highest BCUT2D eigenvalue weighted by molar-refractivity contribution is 7.98. The van der Waals surface area contributed by atoms with E-state index in [2.05, 4.69) is 52.3 Å². The van der Waals surface area contributed by atoms with E-state index >= 15 is 0 Å². The van der Waals surface area contributed by atoms with Gasteiger partial charge in [0.15, 0.2) is 5.96 Å². The van der Waals surface area contributed by atoms with Gasteiger partial charge in [-0.3, -0.25) is 4.79 Å². The molecule has 5 nitrogen and oxygen atoms in total. The molecule has 0 saturated carbocycles. The van der Waals surface area contributed by atoms with Gasteiger partial charge >= 0.3 is 0 Å². The molecule has 0 heterocycles. The Hall–Kier alpha value is -2.47. The fraction of sp³-hybridized carbons (Fsp3) is 0.333. The first-order chi connectivity index (χ1) is 13.1. The molecule has 0 aliphatic rings. The number of nitrogens with one attached hydrogen (secondary N) is 3. The predicted octanol–water partition coefficient (Wildman–Crippen LogP) is 3.09. The molecule has 0 unspecified atom stereocenters. The third-order valence-electron chi connectivity index (χ3n) is 3.94. The van der Waals surface area contributed by atoms with E-state index in [9.17, 15) is 4.79 Å². The number of amides is 1. The van der Waals surface area contributed by atoms with Gasteiger partial charge in [0.25, 0.3) is 0 Å². The van der Waals surface area contributed by atoms with Crippen LogP contribution in [0.2, 0.25) is 0 Å². The van der Waals surface area contributed by atoms with E-state index in [1.54, 1.807) is 11.8 Å². The average molecular weight is 385 g/mol. The molecule has 0 aliphatic carbocycles. The summed E-state index contributed by atoms with van der Waals surface area (Å²) in [5, 5.41) is 9.19. The number of hydrogen-bond donors (Lipinski definition) is 3. The number of guanidine groups is 1. The summed E-state index contributed by atoms with van der Waals surface area (Å²) in [5.74, 6) is 0.574. The summed E-state index contributed by atoms with van der Waals surface area (Å²) in [7, 11) is 0. The van der Waals surface area contributed by atoms with E-state index in [1.807, 2.05) is 37.3 Å². The lowest BCUT2D eigenvalue weighted by molar-refractivity contribution is -0.120. The molecule has 0 saturated heterocycles. The van der Waals surface area contributed by atoms with Gasteiger partial charge in [0.1, 0.15) is 0 Å². The third kappa shape index (κ3) is 7.35. The van der Waals surface area contributed by atoms with Gasteiger partial charge in [-0.05, 0) is 42.9 Å². The molecule has 0 spiro atoms. The Balaban J connectivity index is 1.88. The summed E-state index contributed by atoms with van der Waals surface area (Å²) < 4.78 is 0. The molecule has 3 N–H and O–H groups in total. The molecule has 0 aromatic heterocycles. The highest BCUT2D eigenvalue weighted by Gasteiger charge is 2.05. The monoisotopic (exact) mass is 384 g/mol. The van der Waals surface area contributed by atoms with Gasteiger partial charge in [-0.2, -0.15) is 0 Å². The van der Waals surface area contributed by atoms with E-state index in [1.165, 1.54) is 16.0 Å². The van der Waals surface area contributed by atoms with Gasteiger partial charge in [-0.15, -0.1) is 11.8 Å². The van der Waals surface area contributed by atoms with Gasteiger partial charge < -0.3 is 16.0 Å². The number of aliphatic imine (C=N–C) groups is 1. The molecule has 27 heavy (non-hydrogen) atoms. The van der Waals surface area contributed by atoms with Gasteiger partial charge in [0, 0.05) is 18.0 Å². The van der Waals surface area contributed by atoms with Crippen molar-refractivity contribution in [2.75, 3.05) is 19.3 Å². The largest absolute Gasteiger partial charge is 0.357 e. The molecule has 2 aromatic carbocycles. The summed E-state index contributed by atoms with van der Waals surface area (Å²) in [5.41, 5.74) is 3.50. The summed E-state index contributed by atoms with van der Waals surface area (Å²) in [6, 6.07) is 16.2. The number of rotatable bonds is 8. The molecule has 0 fully saturated rings. The Morgan fingerprint density at radius 1 is 1.07 bits per heavy atom. The summed E-state index contributed by atoms with van der Waals surface area (Å²) >= 11 is 1.72. The SMILES string of the molecule is CCNC(=NCc1ccc(C)cc1SC)NCC(=O)NCc1ccccc1. The average Bonchev–Trinajstić information content (AvgIpc) is 2.69. The van der Waals surface area contributed by atoms with Crippen molar-refractivity contribution in [2.24, 2.45) is 4.99 Å². The number of carbonyl (C=O) groups is 1. The first-order valence-electron chi connectivity index (χ1n) is 9.08. The highest BCUT2D eigenvalue weighted by Crippen LogP contribution is 2.22. The molecular weight excluding hydrogens is 356 g/mol. The molecular formula is C21H28N4OS. The van der Waals surface area contributed by atoms with Crippen LogP contribution < -0.4 is 16.0 Å². The normalized spacial score (nSPS) is 11.1. The summed E-state index contributed by atoms with van der Waals surface area (Å²) in [4.78, 5) is 17.9. The van der Waals surface area contributed by atoms with Crippen molar-refractivity contribution >= 4 is 23.6 Å². The smallest absolute Gasteiger partial charge is 0.239 e. The van der Waals surface area contributed by atoms with E-state index < -0.39 is 0 Å². The van der Waals surface area contributed by atoms with E-state index in [-0.39, 0.29) is 12.5 Å². The standard InChI is InChI=1S/C21H28N4OS/c1-4-22-21(24-14-18-11-10-16(2)12-19(18)27-3)25-15-20(26)23-13-17-8-6-5-7-9-17/h5-12H,4,13-15H2,1-3H3,(H,23,26)(H2,22,24,25). The van der Waals surface area contributed by atoms with Crippen molar-refractivity contribution in [1.82, 2.24) is 16.0 Å². The Morgan fingerprint density at radius 2 is 1.85 bits per heavy atom. The number of hydrogen-bond acceptors (Lipinski definition) is 3. The lowest BCUT2D eigenvalue weighted by Gasteiger charge is -2.12. The Kier molecular flexibility index (Phi) is 8.71. The molecule has 2 aromatic rings. The number of benzene rings is 2. The Labute approximate surface area is 166 Å². The van der Waals surface area contributed by atoms with Crippen molar-refractivity contribution in [3.05, 3.63) is 65.2 Å². The molecule has 144 valence electrons. The van der Waals surface area contributed by atoms with Crippen LogP contribution in [-0.2, 0) is 17.9 Å². The fourth-order valence-corrected chi connectivity index (χ4v) is 3.21. The lowest BCUT2D eigenvalue weighted by Crippen LogP contribution is -2.43. The van der Waals surface area contributed by atoms with E-state index in [4.69, 9.17) is 0 Å². The fourth-order valence-electron chi connectivity index (χ4n) is 2.51. The Morgan fingerprint density at radius 3 is 2.56 bits per heavy atom. The first kappa shape index (κ1) is 20.8. The molecule has 0 radical (unpaired) electrons. The lowest BCUT2D eigenvalue weighted by atomic mass is 10.1. The van der Waals surface area contributed by atoms with Crippen LogP contribution in [0, 0.1) is 6.92 Å². The van der Waals surface area contributed by atoms with Crippen LogP contribution in [0.15, 0.2) is 58.4 Å². The van der Waals surface area contributed by atoms with Crippen LogP contribution in [0.25, 0.3) is 0 Å². The second-order valence-electron chi connectivity index (χ2n) is 6.13. The van der Waals surface area contributed by atoms with Gasteiger partial charge in [0.2, 0.25) is 5.91 Å². The second-order valence-corrected chi connectivity index (χ2v) is 6.97. The zero-order chi connectivity index (χ0) is 19.5. The topological polar surface area (TPSA) is 65.5 Å². The minimum Gasteiger partial charge on any atom is -0.357 e. The maximum Gasteiger partial charge on any atom is 0.239 e. The highest BCUT2D eigenvalue weighted by atomic mass is 32.2. The van der Waals surface area contributed by atoms with Crippen molar-refractivity contribution in [3.63, 3.8) is 0 Å². The van der Waals surface area contributed by atoms with Crippen LogP contribution in [-0.4, -0.2) is 31.2 Å². The van der Waals surface area contributed by atoms with Crippen molar-refractivity contribution in [1.29, 1.82) is 0 Å². The van der Waals surface area contributed by atoms with Crippen molar-refractivity contribution in [3.8, 4) is 0 Å². The predicted molar refractivity (Wildman–Crippen MR) is 114 cm³/mol. The minimum atomic E-state index is -0.0652. The number of aryl methyl sites for hydroxylation is 1. The van der Waals surface area contributed by atoms with Crippen molar-refractivity contribution < 1.29 is 4.79 Å². The Bertz CT molecular complexity index is 762. The first-order valence-corrected chi connectivity index (χ1v) is 10.3. The van der Waals surface area contributed by atoms with Crippen LogP contribution in [0.3, 0.4) is 0 Å². The van der Waals surface area contributed by atoms with Crippen LogP contribution >= 0.6 is 11.8 Å². The molecule has 0 bridgehead atoms. The van der Waals surface area contributed by atoms with Gasteiger partial charge in [0.05, 0.1) is 13.1 Å². The molecule has 2 rings (SSSR count). The molecule has 0 aliphatic heterocycles. The second kappa shape index (κ2) is 11.3.